The maximum atomic E-state index is 12.8. The number of hydrogen-bond acceptors (Lipinski definition) is 3. The fourth-order valence-electron chi connectivity index (χ4n) is 6.07. The van der Waals surface area contributed by atoms with Crippen molar-refractivity contribution in [3.05, 3.63) is 0 Å². The van der Waals surface area contributed by atoms with Crippen molar-refractivity contribution >= 4 is 5.91 Å². The van der Waals surface area contributed by atoms with E-state index < -0.39 is 0 Å². The number of nitrogens with zero attached hydrogens (tertiary/aromatic N) is 1. The standard InChI is InChI=1S/C20H37N3O/c1-14(21-12-19(2,3)13-23(4)5)18(24)22-20-9-15-6-16(10-20)8-17(7-15)11-20/h14-17,21H,6-13H2,1-5H3,(H,22,24)/t14-,15?,16?,17?,20?/m0/s1. The Morgan fingerprint density at radius 2 is 1.62 bits per heavy atom. The summed E-state index contributed by atoms with van der Waals surface area (Å²) in [6, 6.07) is -0.112. The molecule has 4 fully saturated rings. The van der Waals surface area contributed by atoms with Gasteiger partial charge in [0, 0.05) is 18.6 Å². The van der Waals surface area contributed by atoms with Crippen molar-refractivity contribution in [1.29, 1.82) is 0 Å². The molecule has 0 unspecified atom stereocenters. The van der Waals surface area contributed by atoms with E-state index in [1.54, 1.807) is 0 Å². The van der Waals surface area contributed by atoms with Gasteiger partial charge < -0.3 is 15.5 Å². The first-order chi connectivity index (χ1) is 11.2. The predicted molar refractivity (Wildman–Crippen MR) is 98.8 cm³/mol. The van der Waals surface area contributed by atoms with Crippen LogP contribution < -0.4 is 10.6 Å². The first-order valence-electron chi connectivity index (χ1n) is 9.87. The number of hydrogen-bond donors (Lipinski definition) is 2. The van der Waals surface area contributed by atoms with Crippen molar-refractivity contribution in [2.24, 2.45) is 23.2 Å². The lowest BCUT2D eigenvalue weighted by Gasteiger charge is -2.57. The summed E-state index contributed by atoms with van der Waals surface area (Å²) in [5.74, 6) is 2.83. The quantitative estimate of drug-likeness (QED) is 0.752. The van der Waals surface area contributed by atoms with Crippen molar-refractivity contribution in [1.82, 2.24) is 15.5 Å². The van der Waals surface area contributed by atoms with E-state index in [2.05, 4.69) is 43.5 Å². The fourth-order valence-corrected chi connectivity index (χ4v) is 6.07. The minimum absolute atomic E-state index is 0.112. The van der Waals surface area contributed by atoms with Crippen LogP contribution in [0, 0.1) is 23.2 Å². The van der Waals surface area contributed by atoms with Crippen LogP contribution in [0.2, 0.25) is 0 Å². The van der Waals surface area contributed by atoms with Gasteiger partial charge in [-0.25, -0.2) is 0 Å². The van der Waals surface area contributed by atoms with E-state index in [-0.39, 0.29) is 22.9 Å². The van der Waals surface area contributed by atoms with Crippen LogP contribution in [0.4, 0.5) is 0 Å². The van der Waals surface area contributed by atoms with Crippen LogP contribution in [-0.4, -0.2) is 49.6 Å². The summed E-state index contributed by atoms with van der Waals surface area (Å²) in [6.07, 6.45) is 7.93. The van der Waals surface area contributed by atoms with Gasteiger partial charge >= 0.3 is 0 Å². The summed E-state index contributed by atoms with van der Waals surface area (Å²) < 4.78 is 0. The molecule has 0 aromatic rings. The number of nitrogens with one attached hydrogen (secondary N) is 2. The molecular formula is C20H37N3O. The normalized spacial score (nSPS) is 36.2. The molecule has 4 nitrogen and oxygen atoms in total. The Labute approximate surface area is 148 Å². The molecule has 1 amide bonds. The van der Waals surface area contributed by atoms with Crippen LogP contribution in [0.3, 0.4) is 0 Å². The lowest BCUT2D eigenvalue weighted by molar-refractivity contribution is -0.128. The van der Waals surface area contributed by atoms with Crippen molar-refractivity contribution in [3.8, 4) is 0 Å². The average Bonchev–Trinajstić information content (AvgIpc) is 2.41. The average molecular weight is 336 g/mol. The summed E-state index contributed by atoms with van der Waals surface area (Å²) in [5, 5.41) is 6.96. The molecule has 138 valence electrons. The third-order valence-electron chi connectivity index (χ3n) is 6.45. The summed E-state index contributed by atoms with van der Waals surface area (Å²) in [7, 11) is 4.20. The molecule has 2 N–H and O–H groups in total. The zero-order chi connectivity index (χ0) is 17.5. The van der Waals surface area contributed by atoms with Gasteiger partial charge in [-0.15, -0.1) is 0 Å². The molecule has 0 aromatic heterocycles. The van der Waals surface area contributed by atoms with Gasteiger partial charge in [0.05, 0.1) is 6.04 Å². The van der Waals surface area contributed by atoms with Crippen LogP contribution in [0.25, 0.3) is 0 Å². The molecule has 4 aliphatic rings. The van der Waals surface area contributed by atoms with E-state index in [1.165, 1.54) is 38.5 Å². The molecule has 0 spiro atoms. The Morgan fingerprint density at radius 1 is 1.12 bits per heavy atom. The molecule has 0 heterocycles. The third-order valence-corrected chi connectivity index (χ3v) is 6.45. The topological polar surface area (TPSA) is 44.4 Å². The van der Waals surface area contributed by atoms with Crippen molar-refractivity contribution in [3.63, 3.8) is 0 Å². The minimum atomic E-state index is -0.112. The van der Waals surface area contributed by atoms with E-state index in [0.29, 0.717) is 0 Å². The lowest BCUT2D eigenvalue weighted by atomic mass is 9.53. The van der Waals surface area contributed by atoms with Crippen molar-refractivity contribution in [2.75, 3.05) is 27.2 Å². The first-order valence-corrected chi connectivity index (χ1v) is 9.87. The van der Waals surface area contributed by atoms with Gasteiger partial charge in [-0.2, -0.15) is 0 Å². The van der Waals surface area contributed by atoms with Gasteiger partial charge in [-0.3, -0.25) is 4.79 Å². The number of amides is 1. The largest absolute Gasteiger partial charge is 0.349 e. The highest BCUT2D eigenvalue weighted by molar-refractivity contribution is 5.82. The zero-order valence-electron chi connectivity index (χ0n) is 16.3. The van der Waals surface area contributed by atoms with Crippen molar-refractivity contribution < 1.29 is 4.79 Å². The van der Waals surface area contributed by atoms with E-state index in [4.69, 9.17) is 0 Å². The molecule has 0 aromatic carbocycles. The molecule has 24 heavy (non-hydrogen) atoms. The molecular weight excluding hydrogens is 298 g/mol. The van der Waals surface area contributed by atoms with Crippen LogP contribution in [0.1, 0.15) is 59.3 Å². The van der Waals surface area contributed by atoms with Gasteiger partial charge in [-0.05, 0) is 82.7 Å². The second-order valence-electron chi connectivity index (χ2n) is 10.2. The smallest absolute Gasteiger partial charge is 0.237 e. The highest BCUT2D eigenvalue weighted by Gasteiger charge is 2.51. The molecule has 4 rings (SSSR count). The van der Waals surface area contributed by atoms with Crippen LogP contribution in [0.5, 0.6) is 0 Å². The van der Waals surface area contributed by atoms with Gasteiger partial charge in [0.15, 0.2) is 0 Å². The van der Waals surface area contributed by atoms with E-state index in [0.717, 1.165) is 30.8 Å². The zero-order valence-corrected chi connectivity index (χ0v) is 16.3. The predicted octanol–water partition coefficient (Wildman–Crippen LogP) is 2.64. The first kappa shape index (κ1) is 18.2. The second kappa shape index (κ2) is 6.60. The van der Waals surface area contributed by atoms with Gasteiger partial charge in [0.1, 0.15) is 0 Å². The van der Waals surface area contributed by atoms with E-state index in [1.807, 2.05) is 6.92 Å². The fraction of sp³-hybridized carbons (Fsp3) is 0.950. The molecule has 4 heteroatoms. The third kappa shape index (κ3) is 4.13. The Hall–Kier alpha value is -0.610. The summed E-state index contributed by atoms with van der Waals surface area (Å²) in [6.45, 7) is 8.40. The van der Waals surface area contributed by atoms with Gasteiger partial charge in [0.25, 0.3) is 0 Å². The van der Waals surface area contributed by atoms with Crippen LogP contribution >= 0.6 is 0 Å². The molecule has 0 radical (unpaired) electrons. The Balaban J connectivity index is 1.51. The number of rotatable bonds is 7. The molecule has 0 saturated heterocycles. The van der Waals surface area contributed by atoms with Crippen LogP contribution in [-0.2, 0) is 4.79 Å². The number of carbonyl (C=O) groups is 1. The molecule has 4 saturated carbocycles. The van der Waals surface area contributed by atoms with E-state index in [9.17, 15) is 4.79 Å². The summed E-state index contributed by atoms with van der Waals surface area (Å²) >= 11 is 0. The highest BCUT2D eigenvalue weighted by atomic mass is 16.2. The lowest BCUT2D eigenvalue weighted by Crippen LogP contribution is -2.62. The molecule has 4 bridgehead atoms. The Morgan fingerprint density at radius 3 is 2.08 bits per heavy atom. The molecule has 0 aliphatic heterocycles. The summed E-state index contributed by atoms with van der Waals surface area (Å²) in [5.41, 5.74) is 0.291. The van der Waals surface area contributed by atoms with E-state index >= 15 is 0 Å². The second-order valence-corrected chi connectivity index (χ2v) is 10.2. The highest BCUT2D eigenvalue weighted by Crippen LogP contribution is 2.55. The Bertz CT molecular complexity index is 436. The summed E-state index contributed by atoms with van der Waals surface area (Å²) in [4.78, 5) is 15.0. The molecule has 1 atom stereocenters. The van der Waals surface area contributed by atoms with Crippen molar-refractivity contribution in [2.45, 2.75) is 70.9 Å². The minimum Gasteiger partial charge on any atom is -0.349 e. The maximum absolute atomic E-state index is 12.8. The van der Waals surface area contributed by atoms with Crippen LogP contribution in [0.15, 0.2) is 0 Å². The monoisotopic (exact) mass is 335 g/mol. The SMILES string of the molecule is C[C@H](NCC(C)(C)CN(C)C)C(=O)NC12CC3CC(CC(C3)C1)C2. The van der Waals surface area contributed by atoms with Gasteiger partial charge in [0.2, 0.25) is 5.91 Å². The molecule has 4 aliphatic carbocycles. The van der Waals surface area contributed by atoms with Gasteiger partial charge in [-0.1, -0.05) is 13.8 Å². The Kier molecular flexibility index (Phi) is 5.00. The number of carbonyl (C=O) groups excluding carboxylic acids is 1. The maximum Gasteiger partial charge on any atom is 0.237 e.